The van der Waals surface area contributed by atoms with Gasteiger partial charge in [-0.05, 0) is 34.5 Å². The highest BCUT2D eigenvalue weighted by molar-refractivity contribution is 5.91. The Bertz CT molecular complexity index is 1360. The van der Waals surface area contributed by atoms with Gasteiger partial charge in [0.2, 0.25) is 11.8 Å². The molecule has 2 aromatic carbocycles. The van der Waals surface area contributed by atoms with Crippen LogP contribution >= 0.6 is 0 Å². The zero-order chi connectivity index (χ0) is 26.3. The van der Waals surface area contributed by atoms with Gasteiger partial charge >= 0.3 is 6.09 Å². The highest BCUT2D eigenvalue weighted by Crippen LogP contribution is 2.23. The lowest BCUT2D eigenvalue weighted by Crippen LogP contribution is -2.58. The first-order valence-corrected chi connectivity index (χ1v) is 11.8. The molecule has 0 aliphatic rings. The third kappa shape index (κ3) is 6.48. The van der Waals surface area contributed by atoms with Crippen molar-refractivity contribution in [3.8, 4) is 0 Å². The number of para-hydroxylation sites is 1. The Morgan fingerprint density at radius 1 is 1.08 bits per heavy atom. The van der Waals surface area contributed by atoms with Crippen molar-refractivity contribution in [2.45, 2.75) is 37.8 Å². The lowest BCUT2D eigenvalue weighted by Gasteiger charge is -2.29. The summed E-state index contributed by atoms with van der Waals surface area (Å²) < 4.78 is 0. The molecule has 0 fully saturated rings. The quantitative estimate of drug-likeness (QED) is 0.180. The first-order chi connectivity index (χ1) is 17.8. The number of nitrogens with zero attached hydrogens (tertiary/aromatic N) is 3. The molecule has 0 saturated heterocycles. The van der Waals surface area contributed by atoms with Crippen LogP contribution in [0.15, 0.2) is 60.8 Å². The van der Waals surface area contributed by atoms with E-state index in [4.69, 9.17) is 0 Å². The van der Waals surface area contributed by atoms with E-state index >= 15 is 0 Å². The number of rotatable bonds is 11. The molecule has 0 aliphatic heterocycles. The number of hydrogen-bond acceptors (Lipinski definition) is 6. The zero-order valence-electron chi connectivity index (χ0n) is 20.2. The molecule has 0 saturated carbocycles. The molecule has 0 bridgehead atoms. The average Bonchev–Trinajstić information content (AvgIpc) is 3.55. The van der Waals surface area contributed by atoms with Crippen LogP contribution in [0.4, 0.5) is 4.79 Å². The Hall–Kier alpha value is -4.74. The van der Waals surface area contributed by atoms with Crippen LogP contribution in [0.1, 0.15) is 36.3 Å². The molecular formula is C25H28N8O4. The minimum absolute atomic E-state index is 0.0588. The summed E-state index contributed by atoms with van der Waals surface area (Å²) >= 11 is 0. The number of carbonyl (C=O) groups excluding carboxylic acids is 2. The maximum absolute atomic E-state index is 13.4. The van der Waals surface area contributed by atoms with Crippen LogP contribution in [0, 0.1) is 0 Å². The molecule has 2 heterocycles. The van der Waals surface area contributed by atoms with Crippen molar-refractivity contribution >= 4 is 28.8 Å². The molecule has 4 aromatic rings. The molecule has 6 N–H and O–H groups in total. The standard InChI is InChI=1S/C25H28N8O4/c1-25(29-24(36)37,13-17-14-26-19-10-6-5-9-18(17)19)23(35)27-15-20(16-7-3-2-4-8-16)28-22(34)12-11-21-30-32-33-31-21/h2-10,14,20,26,29H,11-13,15H2,1H3,(H,27,35)(H,28,34)(H,36,37)(H,30,31,32,33)/t20-,25-/m0/s1. The number of amides is 3. The summed E-state index contributed by atoms with van der Waals surface area (Å²) in [6.45, 7) is 1.60. The van der Waals surface area contributed by atoms with Gasteiger partial charge in [0, 0.05) is 42.9 Å². The molecule has 2 aromatic heterocycles. The fraction of sp³-hybridized carbons (Fsp3) is 0.280. The number of carboxylic acid groups (broad SMARTS) is 1. The van der Waals surface area contributed by atoms with E-state index in [1.54, 1.807) is 13.1 Å². The number of fused-ring (bicyclic) bond motifs is 1. The fourth-order valence-corrected chi connectivity index (χ4v) is 4.19. The van der Waals surface area contributed by atoms with E-state index in [2.05, 4.69) is 41.6 Å². The molecule has 2 atom stereocenters. The molecule has 4 rings (SSSR count). The Labute approximate surface area is 212 Å². The Morgan fingerprint density at radius 3 is 2.57 bits per heavy atom. The Balaban J connectivity index is 1.47. The van der Waals surface area contributed by atoms with Gasteiger partial charge in [-0.3, -0.25) is 9.59 Å². The van der Waals surface area contributed by atoms with Crippen LogP contribution in [0.25, 0.3) is 10.9 Å². The van der Waals surface area contributed by atoms with E-state index in [-0.39, 0.29) is 25.3 Å². The predicted molar refractivity (Wildman–Crippen MR) is 134 cm³/mol. The average molecular weight is 505 g/mol. The van der Waals surface area contributed by atoms with E-state index < -0.39 is 23.6 Å². The van der Waals surface area contributed by atoms with Gasteiger partial charge in [0.05, 0.1) is 6.04 Å². The monoisotopic (exact) mass is 504 g/mol. The number of aromatic amines is 2. The van der Waals surface area contributed by atoms with Gasteiger partial charge in [0.15, 0.2) is 0 Å². The fourth-order valence-electron chi connectivity index (χ4n) is 4.19. The van der Waals surface area contributed by atoms with Crippen molar-refractivity contribution in [2.24, 2.45) is 0 Å². The number of nitrogens with one attached hydrogen (secondary N) is 5. The second kappa shape index (κ2) is 11.3. The third-order valence-electron chi connectivity index (χ3n) is 6.08. The van der Waals surface area contributed by atoms with Crippen molar-refractivity contribution < 1.29 is 19.5 Å². The molecule has 0 spiro atoms. The van der Waals surface area contributed by atoms with Crippen LogP contribution in [0.3, 0.4) is 0 Å². The normalized spacial score (nSPS) is 13.4. The number of benzene rings is 2. The molecule has 3 amide bonds. The van der Waals surface area contributed by atoms with Crippen molar-refractivity contribution in [2.75, 3.05) is 6.54 Å². The van der Waals surface area contributed by atoms with Crippen LogP contribution in [0.2, 0.25) is 0 Å². The molecule has 12 heteroatoms. The predicted octanol–water partition coefficient (Wildman–Crippen LogP) is 1.86. The summed E-state index contributed by atoms with van der Waals surface area (Å²) in [6.07, 6.45) is 1.07. The molecule has 0 unspecified atom stereocenters. The van der Waals surface area contributed by atoms with Crippen molar-refractivity contribution in [1.29, 1.82) is 0 Å². The lowest BCUT2D eigenvalue weighted by atomic mass is 9.91. The number of aromatic nitrogens is 5. The van der Waals surface area contributed by atoms with Crippen molar-refractivity contribution in [3.63, 3.8) is 0 Å². The van der Waals surface area contributed by atoms with E-state index in [0.29, 0.717) is 12.2 Å². The van der Waals surface area contributed by atoms with Gasteiger partial charge in [0.25, 0.3) is 0 Å². The van der Waals surface area contributed by atoms with E-state index in [1.165, 1.54) is 0 Å². The summed E-state index contributed by atoms with van der Waals surface area (Å²) in [5.41, 5.74) is 1.03. The Morgan fingerprint density at radius 2 is 1.84 bits per heavy atom. The molecule has 0 aliphatic carbocycles. The molecular weight excluding hydrogens is 476 g/mol. The first-order valence-electron chi connectivity index (χ1n) is 11.8. The number of hydrogen-bond donors (Lipinski definition) is 6. The van der Waals surface area contributed by atoms with Crippen LogP contribution in [-0.2, 0) is 22.4 Å². The van der Waals surface area contributed by atoms with Crippen LogP contribution < -0.4 is 16.0 Å². The highest BCUT2D eigenvalue weighted by atomic mass is 16.4. The van der Waals surface area contributed by atoms with Gasteiger partial charge in [-0.1, -0.05) is 48.5 Å². The highest BCUT2D eigenvalue weighted by Gasteiger charge is 2.36. The van der Waals surface area contributed by atoms with E-state index in [9.17, 15) is 19.5 Å². The topological polar surface area (TPSA) is 178 Å². The van der Waals surface area contributed by atoms with Gasteiger partial charge in [-0.25, -0.2) is 9.89 Å². The second-order valence-corrected chi connectivity index (χ2v) is 8.89. The molecule has 0 radical (unpaired) electrons. The van der Waals surface area contributed by atoms with Crippen LogP contribution in [-0.4, -0.2) is 60.7 Å². The minimum Gasteiger partial charge on any atom is -0.465 e. The summed E-state index contributed by atoms with van der Waals surface area (Å²) in [6, 6.07) is 16.3. The first kappa shape index (κ1) is 25.4. The van der Waals surface area contributed by atoms with Gasteiger partial charge < -0.3 is 26.0 Å². The maximum atomic E-state index is 13.4. The van der Waals surface area contributed by atoms with Crippen LogP contribution in [0.5, 0.6) is 0 Å². The number of aryl methyl sites for hydroxylation is 1. The summed E-state index contributed by atoms with van der Waals surface area (Å²) in [5.74, 6) is -0.264. The third-order valence-corrected chi connectivity index (χ3v) is 6.08. The SMILES string of the molecule is C[C@@](Cc1c[nH]c2ccccc12)(NC(=O)O)C(=O)NC[C@H](NC(=O)CCc1nnn[nH]1)c1ccccc1. The van der Waals surface area contributed by atoms with Gasteiger partial charge in [-0.2, -0.15) is 0 Å². The van der Waals surface area contributed by atoms with Gasteiger partial charge in [-0.15, -0.1) is 5.10 Å². The minimum atomic E-state index is -1.46. The van der Waals surface area contributed by atoms with E-state index in [0.717, 1.165) is 22.0 Å². The number of tetrazole rings is 1. The van der Waals surface area contributed by atoms with E-state index in [1.807, 2.05) is 54.6 Å². The second-order valence-electron chi connectivity index (χ2n) is 8.89. The van der Waals surface area contributed by atoms with Gasteiger partial charge in [0.1, 0.15) is 11.4 Å². The maximum Gasteiger partial charge on any atom is 0.405 e. The Kier molecular flexibility index (Phi) is 7.77. The smallest absolute Gasteiger partial charge is 0.405 e. The number of carbonyl (C=O) groups is 3. The summed E-state index contributed by atoms with van der Waals surface area (Å²) in [7, 11) is 0. The summed E-state index contributed by atoms with van der Waals surface area (Å²) in [4.78, 5) is 40.8. The molecule has 37 heavy (non-hydrogen) atoms. The van der Waals surface area contributed by atoms with Crippen molar-refractivity contribution in [3.05, 3.63) is 77.7 Å². The number of H-pyrrole nitrogens is 2. The molecule has 192 valence electrons. The van der Waals surface area contributed by atoms with Crippen molar-refractivity contribution in [1.82, 2.24) is 41.6 Å². The molecule has 12 nitrogen and oxygen atoms in total. The lowest BCUT2D eigenvalue weighted by molar-refractivity contribution is -0.127. The largest absolute Gasteiger partial charge is 0.465 e. The zero-order valence-corrected chi connectivity index (χ0v) is 20.2. The summed E-state index contributed by atoms with van der Waals surface area (Å²) in [5, 5.41) is 31.9.